The van der Waals surface area contributed by atoms with Crippen molar-refractivity contribution in [3.63, 3.8) is 0 Å². The number of nitrogens with zero attached hydrogens (tertiary/aromatic N) is 4. The van der Waals surface area contributed by atoms with Crippen molar-refractivity contribution in [2.45, 2.75) is 19.6 Å². The molecule has 0 unspecified atom stereocenters. The van der Waals surface area contributed by atoms with E-state index in [-0.39, 0.29) is 24.2 Å². The first-order valence-electron chi connectivity index (χ1n) is 10.3. The Morgan fingerprint density at radius 1 is 1.06 bits per heavy atom. The molecule has 5 rings (SSSR count). The number of carbonyl (C=O) groups excluding carboxylic acids is 2. The van der Waals surface area contributed by atoms with E-state index in [1.165, 1.54) is 12.1 Å². The molecule has 32 heavy (non-hydrogen) atoms. The molecule has 160 valence electrons. The van der Waals surface area contributed by atoms with Crippen LogP contribution >= 0.6 is 0 Å². The maximum Gasteiger partial charge on any atom is 0.290 e. The summed E-state index contributed by atoms with van der Waals surface area (Å²) < 4.78 is 14.9. The molecule has 2 aromatic heterocycles. The van der Waals surface area contributed by atoms with Crippen molar-refractivity contribution in [3.8, 4) is 0 Å². The van der Waals surface area contributed by atoms with Crippen molar-refractivity contribution in [2.24, 2.45) is 0 Å². The molecule has 8 heteroatoms. The molecule has 0 spiro atoms. The fraction of sp³-hybridized carbons (Fsp3) is 0.167. The second-order valence-corrected chi connectivity index (χ2v) is 7.65. The van der Waals surface area contributed by atoms with Gasteiger partial charge in [0.1, 0.15) is 5.82 Å². The van der Waals surface area contributed by atoms with Gasteiger partial charge in [-0.15, -0.1) is 0 Å². The number of pyridine rings is 1. The van der Waals surface area contributed by atoms with Gasteiger partial charge in [0.05, 0.1) is 23.3 Å². The summed E-state index contributed by atoms with van der Waals surface area (Å²) in [6.45, 7) is 1.91. The van der Waals surface area contributed by atoms with Crippen molar-refractivity contribution in [3.05, 3.63) is 95.3 Å². The average Bonchev–Trinajstić information content (AvgIpc) is 3.20. The third-order valence-corrected chi connectivity index (χ3v) is 5.53. The number of amides is 2. The lowest BCUT2D eigenvalue weighted by atomic mass is 10.1. The molecule has 0 fully saturated rings. The van der Waals surface area contributed by atoms with Crippen LogP contribution in [0.1, 0.15) is 32.2 Å². The van der Waals surface area contributed by atoms with Crippen LogP contribution < -0.4 is 5.32 Å². The Bertz CT molecular complexity index is 1300. The second kappa shape index (κ2) is 8.22. The molecule has 0 saturated heterocycles. The number of nitrogens with one attached hydrogen (secondary N) is 1. The Kier molecular flexibility index (Phi) is 5.10. The van der Waals surface area contributed by atoms with Gasteiger partial charge in [-0.3, -0.25) is 14.6 Å². The fourth-order valence-corrected chi connectivity index (χ4v) is 3.85. The highest BCUT2D eigenvalue weighted by atomic mass is 19.1. The summed E-state index contributed by atoms with van der Waals surface area (Å²) in [5.41, 5.74) is 3.50. The number of hydrogen-bond donors (Lipinski definition) is 1. The molecule has 2 aromatic carbocycles. The predicted molar refractivity (Wildman–Crippen MR) is 116 cm³/mol. The molecule has 1 aliphatic heterocycles. The first-order valence-corrected chi connectivity index (χ1v) is 10.3. The fourth-order valence-electron chi connectivity index (χ4n) is 3.85. The van der Waals surface area contributed by atoms with Gasteiger partial charge in [0.2, 0.25) is 0 Å². The molecular weight excluding hydrogens is 409 g/mol. The summed E-state index contributed by atoms with van der Waals surface area (Å²) in [6.07, 6.45) is 1.71. The Balaban J connectivity index is 1.34. The third kappa shape index (κ3) is 3.82. The van der Waals surface area contributed by atoms with E-state index in [1.54, 1.807) is 35.4 Å². The summed E-state index contributed by atoms with van der Waals surface area (Å²) in [4.78, 5) is 36.2. The first-order chi connectivity index (χ1) is 15.6. The summed E-state index contributed by atoms with van der Waals surface area (Å²) in [6, 6.07) is 16.8. The molecule has 2 amide bonds. The van der Waals surface area contributed by atoms with Crippen LogP contribution in [-0.2, 0) is 19.6 Å². The third-order valence-electron chi connectivity index (χ3n) is 5.53. The second-order valence-electron chi connectivity index (χ2n) is 7.65. The largest absolute Gasteiger partial charge is 0.348 e. The number of rotatable bonds is 5. The van der Waals surface area contributed by atoms with E-state index in [9.17, 15) is 14.0 Å². The van der Waals surface area contributed by atoms with Gasteiger partial charge in [-0.1, -0.05) is 18.2 Å². The highest BCUT2D eigenvalue weighted by Crippen LogP contribution is 2.23. The molecule has 0 bridgehead atoms. The van der Waals surface area contributed by atoms with Gasteiger partial charge in [0.25, 0.3) is 11.8 Å². The normalized spacial score (nSPS) is 13.3. The van der Waals surface area contributed by atoms with E-state index in [4.69, 9.17) is 0 Å². The molecular formula is C24H20FN5O2. The van der Waals surface area contributed by atoms with Gasteiger partial charge < -0.3 is 14.8 Å². The molecule has 0 atom stereocenters. The summed E-state index contributed by atoms with van der Waals surface area (Å²) in [7, 11) is 0. The minimum atomic E-state index is -0.317. The highest BCUT2D eigenvalue weighted by molar-refractivity contribution is 6.00. The van der Waals surface area contributed by atoms with Crippen LogP contribution in [0.5, 0.6) is 0 Å². The lowest BCUT2D eigenvalue weighted by Crippen LogP contribution is -2.40. The SMILES string of the molecule is O=C(NCc1ccc(F)cc1)c1ccc2c(c1)nc1n2CCN(Cc2ccccn2)C1=O. The van der Waals surface area contributed by atoms with E-state index in [0.717, 1.165) is 16.8 Å². The van der Waals surface area contributed by atoms with E-state index in [2.05, 4.69) is 15.3 Å². The molecule has 0 saturated carbocycles. The van der Waals surface area contributed by atoms with Crippen molar-refractivity contribution in [2.75, 3.05) is 6.54 Å². The highest BCUT2D eigenvalue weighted by Gasteiger charge is 2.28. The molecule has 7 nitrogen and oxygen atoms in total. The first kappa shape index (κ1) is 19.9. The minimum absolute atomic E-state index is 0.152. The Labute approximate surface area is 183 Å². The lowest BCUT2D eigenvalue weighted by Gasteiger charge is -2.27. The van der Waals surface area contributed by atoms with Crippen molar-refractivity contribution in [1.29, 1.82) is 0 Å². The maximum absolute atomic E-state index is 13.0. The average molecular weight is 429 g/mol. The smallest absolute Gasteiger partial charge is 0.290 e. The molecule has 1 N–H and O–H groups in total. The summed E-state index contributed by atoms with van der Waals surface area (Å²) in [5, 5.41) is 2.83. The van der Waals surface area contributed by atoms with E-state index >= 15 is 0 Å². The van der Waals surface area contributed by atoms with Gasteiger partial charge in [-0.25, -0.2) is 9.37 Å². The zero-order valence-corrected chi connectivity index (χ0v) is 17.2. The number of halogens is 1. The van der Waals surface area contributed by atoms with E-state index in [1.807, 2.05) is 28.8 Å². The number of imidazole rings is 1. The standard InChI is InChI=1S/C24H20FN5O2/c25-18-7-4-16(5-8-18)14-27-23(31)17-6-9-21-20(13-17)28-22-24(32)29(11-12-30(21)22)15-19-3-1-2-10-26-19/h1-10,13H,11-12,14-15H2,(H,27,31). The zero-order valence-electron chi connectivity index (χ0n) is 17.2. The lowest BCUT2D eigenvalue weighted by molar-refractivity contribution is 0.0682. The van der Waals surface area contributed by atoms with E-state index < -0.39 is 0 Å². The van der Waals surface area contributed by atoms with Crippen LogP contribution in [0.25, 0.3) is 11.0 Å². The van der Waals surface area contributed by atoms with Crippen molar-refractivity contribution < 1.29 is 14.0 Å². The van der Waals surface area contributed by atoms with Gasteiger partial charge in [-0.05, 0) is 48.0 Å². The van der Waals surface area contributed by atoms with Crippen LogP contribution in [0, 0.1) is 5.82 Å². The van der Waals surface area contributed by atoms with Gasteiger partial charge in [0.15, 0.2) is 5.82 Å². The monoisotopic (exact) mass is 429 g/mol. The van der Waals surface area contributed by atoms with E-state index in [0.29, 0.717) is 36.5 Å². The van der Waals surface area contributed by atoms with Crippen molar-refractivity contribution >= 4 is 22.8 Å². The minimum Gasteiger partial charge on any atom is -0.348 e. The molecule has 0 radical (unpaired) electrons. The van der Waals surface area contributed by atoms with Crippen LogP contribution in [0.3, 0.4) is 0 Å². The molecule has 4 aromatic rings. The quantitative estimate of drug-likeness (QED) is 0.529. The molecule has 1 aliphatic rings. The Morgan fingerprint density at radius 2 is 1.91 bits per heavy atom. The summed E-state index contributed by atoms with van der Waals surface area (Å²) >= 11 is 0. The van der Waals surface area contributed by atoms with Gasteiger partial charge in [-0.2, -0.15) is 0 Å². The van der Waals surface area contributed by atoms with Crippen LogP contribution in [-0.4, -0.2) is 37.8 Å². The van der Waals surface area contributed by atoms with Gasteiger partial charge >= 0.3 is 0 Å². The topological polar surface area (TPSA) is 80.1 Å². The maximum atomic E-state index is 13.0. The van der Waals surface area contributed by atoms with Crippen LogP contribution in [0.4, 0.5) is 4.39 Å². The Hall–Kier alpha value is -4.07. The van der Waals surface area contributed by atoms with Crippen LogP contribution in [0.2, 0.25) is 0 Å². The predicted octanol–water partition coefficient (Wildman–Crippen LogP) is 3.16. The summed E-state index contributed by atoms with van der Waals surface area (Å²) in [5.74, 6) is -0.362. The number of hydrogen-bond acceptors (Lipinski definition) is 4. The molecule has 0 aliphatic carbocycles. The van der Waals surface area contributed by atoms with Crippen LogP contribution in [0.15, 0.2) is 66.9 Å². The number of carbonyl (C=O) groups is 2. The number of fused-ring (bicyclic) bond motifs is 3. The zero-order chi connectivity index (χ0) is 22.1. The number of aromatic nitrogens is 3. The number of benzene rings is 2. The van der Waals surface area contributed by atoms with Gasteiger partial charge in [0, 0.05) is 31.4 Å². The molecule has 3 heterocycles. The van der Waals surface area contributed by atoms with Crippen molar-refractivity contribution in [1.82, 2.24) is 24.8 Å². The Morgan fingerprint density at radius 3 is 2.69 bits per heavy atom.